The number of nitrogens with two attached hydrogens (primary N) is 1. The number of rotatable bonds is 4. The number of anilines is 2. The molecule has 3 aromatic rings. The summed E-state index contributed by atoms with van der Waals surface area (Å²) in [6.45, 7) is 0.295. The van der Waals surface area contributed by atoms with Crippen LogP contribution in [0.1, 0.15) is 11.5 Å². The Hall–Kier alpha value is -2.38. The quantitative estimate of drug-likeness (QED) is 0.527. The van der Waals surface area contributed by atoms with Gasteiger partial charge in [0.05, 0.1) is 12.8 Å². The van der Waals surface area contributed by atoms with E-state index in [1.54, 1.807) is 43.5 Å². The van der Waals surface area contributed by atoms with Gasteiger partial charge in [-0.3, -0.25) is 4.31 Å². The Bertz CT molecular complexity index is 1090. The molecule has 26 heavy (non-hydrogen) atoms. The molecule has 0 amide bonds. The topological polar surface area (TPSA) is 88.4 Å². The number of fused-ring (bicyclic) bond motifs is 2. The van der Waals surface area contributed by atoms with Gasteiger partial charge in [0.1, 0.15) is 5.75 Å². The Balaban J connectivity index is 1.81. The second-order valence-electron chi connectivity index (χ2n) is 6.29. The molecule has 1 atom stereocenters. The normalized spacial score (nSPS) is 16.8. The molecule has 4 rings (SSSR count). The van der Waals surface area contributed by atoms with Crippen LogP contribution in [0.3, 0.4) is 0 Å². The maximum atomic E-state index is 13.3. The SMILES string of the molecule is COc1ccc2[nH]c(S(=O)(=O)N3CC(CCl)c4ccc(N)cc43)cc2c1. The van der Waals surface area contributed by atoms with Gasteiger partial charge in [0.25, 0.3) is 10.0 Å². The van der Waals surface area contributed by atoms with Gasteiger partial charge in [0.2, 0.25) is 0 Å². The van der Waals surface area contributed by atoms with Crippen molar-refractivity contribution in [3.05, 3.63) is 48.0 Å². The largest absolute Gasteiger partial charge is 0.497 e. The number of hydrogen-bond acceptors (Lipinski definition) is 4. The molecule has 0 saturated heterocycles. The summed E-state index contributed by atoms with van der Waals surface area (Å²) < 4.78 is 33.1. The minimum absolute atomic E-state index is 0.0634. The van der Waals surface area contributed by atoms with Crippen LogP contribution in [0.2, 0.25) is 0 Å². The van der Waals surface area contributed by atoms with Gasteiger partial charge < -0.3 is 15.5 Å². The van der Waals surface area contributed by atoms with E-state index in [1.807, 2.05) is 6.07 Å². The molecule has 0 saturated carbocycles. The average molecular weight is 392 g/mol. The Morgan fingerprint density at radius 3 is 2.81 bits per heavy atom. The number of halogens is 1. The third-order valence-electron chi connectivity index (χ3n) is 4.71. The van der Waals surface area contributed by atoms with Crippen molar-refractivity contribution >= 4 is 43.9 Å². The van der Waals surface area contributed by atoms with Crippen molar-refractivity contribution in [1.82, 2.24) is 4.98 Å². The number of alkyl halides is 1. The molecule has 3 N–H and O–H groups in total. The second-order valence-corrected chi connectivity index (χ2v) is 8.43. The lowest BCUT2D eigenvalue weighted by Crippen LogP contribution is -2.30. The van der Waals surface area contributed by atoms with Crippen molar-refractivity contribution in [2.45, 2.75) is 10.9 Å². The van der Waals surface area contributed by atoms with E-state index in [4.69, 9.17) is 22.1 Å². The Labute approximate surface area is 156 Å². The molecular weight excluding hydrogens is 374 g/mol. The fourth-order valence-corrected chi connectivity index (χ4v) is 5.16. The molecule has 0 bridgehead atoms. The van der Waals surface area contributed by atoms with Crippen LogP contribution in [0.4, 0.5) is 11.4 Å². The molecule has 0 radical (unpaired) electrons. The molecule has 1 unspecified atom stereocenters. The van der Waals surface area contributed by atoms with E-state index in [0.717, 1.165) is 16.5 Å². The minimum Gasteiger partial charge on any atom is -0.497 e. The first-order valence-electron chi connectivity index (χ1n) is 8.09. The van der Waals surface area contributed by atoms with Crippen molar-refractivity contribution < 1.29 is 13.2 Å². The molecule has 0 fully saturated rings. The molecule has 6 nitrogen and oxygen atoms in total. The maximum absolute atomic E-state index is 13.3. The highest BCUT2D eigenvalue weighted by atomic mass is 35.5. The number of aromatic nitrogens is 1. The number of hydrogen-bond donors (Lipinski definition) is 2. The maximum Gasteiger partial charge on any atom is 0.279 e. The van der Waals surface area contributed by atoms with Crippen molar-refractivity contribution in [3.63, 3.8) is 0 Å². The van der Waals surface area contributed by atoms with Crippen LogP contribution in [-0.4, -0.2) is 32.9 Å². The summed E-state index contributed by atoms with van der Waals surface area (Å²) in [4.78, 5) is 2.99. The van der Waals surface area contributed by atoms with Gasteiger partial charge in [-0.1, -0.05) is 6.07 Å². The number of ether oxygens (including phenoxy) is 1. The summed E-state index contributed by atoms with van der Waals surface area (Å²) in [7, 11) is -2.20. The van der Waals surface area contributed by atoms with E-state index in [-0.39, 0.29) is 10.9 Å². The number of aromatic amines is 1. The predicted octanol–water partition coefficient (Wildman–Crippen LogP) is 3.29. The first-order chi connectivity index (χ1) is 12.4. The predicted molar refractivity (Wildman–Crippen MR) is 104 cm³/mol. The van der Waals surface area contributed by atoms with Gasteiger partial charge in [-0.25, -0.2) is 0 Å². The molecule has 1 aromatic heterocycles. The summed E-state index contributed by atoms with van der Waals surface area (Å²) in [6, 6.07) is 12.3. The number of nitrogens with one attached hydrogen (secondary N) is 1. The zero-order valence-corrected chi connectivity index (χ0v) is 15.6. The highest BCUT2D eigenvalue weighted by Crippen LogP contribution is 2.41. The van der Waals surface area contributed by atoms with Crippen LogP contribution in [-0.2, 0) is 10.0 Å². The first kappa shape index (κ1) is 17.1. The lowest BCUT2D eigenvalue weighted by atomic mass is 10.0. The van der Waals surface area contributed by atoms with E-state index in [2.05, 4.69) is 4.98 Å². The Morgan fingerprint density at radius 2 is 2.08 bits per heavy atom. The second kappa shape index (κ2) is 6.10. The molecule has 2 heterocycles. The van der Waals surface area contributed by atoms with Gasteiger partial charge in [-0.05, 0) is 42.0 Å². The highest BCUT2D eigenvalue weighted by Gasteiger charge is 2.37. The fraction of sp³-hybridized carbons (Fsp3) is 0.222. The molecule has 1 aliphatic heterocycles. The van der Waals surface area contributed by atoms with Crippen LogP contribution in [0.25, 0.3) is 10.9 Å². The van der Waals surface area contributed by atoms with Crippen LogP contribution in [0.5, 0.6) is 5.75 Å². The molecule has 0 aliphatic carbocycles. The van der Waals surface area contributed by atoms with Gasteiger partial charge in [0.15, 0.2) is 5.03 Å². The lowest BCUT2D eigenvalue weighted by molar-refractivity contribution is 0.415. The number of benzene rings is 2. The fourth-order valence-electron chi connectivity index (χ4n) is 3.35. The van der Waals surface area contributed by atoms with Crippen LogP contribution in [0, 0.1) is 0 Å². The number of sulfonamides is 1. The van der Waals surface area contributed by atoms with Crippen molar-refractivity contribution in [3.8, 4) is 5.75 Å². The molecule has 1 aliphatic rings. The number of methoxy groups -OCH3 is 1. The Morgan fingerprint density at radius 1 is 1.27 bits per heavy atom. The Kier molecular flexibility index (Phi) is 4.00. The summed E-state index contributed by atoms with van der Waals surface area (Å²) in [6.07, 6.45) is 0. The average Bonchev–Trinajstić information content (AvgIpc) is 3.22. The van der Waals surface area contributed by atoms with Gasteiger partial charge >= 0.3 is 0 Å². The smallest absolute Gasteiger partial charge is 0.279 e. The van der Waals surface area contributed by atoms with E-state index in [0.29, 0.717) is 29.5 Å². The zero-order valence-electron chi connectivity index (χ0n) is 14.1. The van der Waals surface area contributed by atoms with Gasteiger partial charge in [-0.2, -0.15) is 8.42 Å². The number of H-pyrrole nitrogens is 1. The van der Waals surface area contributed by atoms with E-state index in [9.17, 15) is 8.42 Å². The molecule has 8 heteroatoms. The van der Waals surface area contributed by atoms with Crippen molar-refractivity contribution in [2.75, 3.05) is 29.6 Å². The number of nitrogen functional groups attached to an aromatic ring is 1. The summed E-state index contributed by atoms with van der Waals surface area (Å²) in [5.74, 6) is 0.945. The van der Waals surface area contributed by atoms with E-state index < -0.39 is 10.0 Å². The monoisotopic (exact) mass is 391 g/mol. The van der Waals surface area contributed by atoms with Crippen LogP contribution >= 0.6 is 11.6 Å². The molecular formula is C18H18ClN3O3S. The summed E-state index contributed by atoms with van der Waals surface area (Å²) >= 11 is 6.06. The van der Waals surface area contributed by atoms with E-state index in [1.165, 1.54) is 4.31 Å². The standard InChI is InChI=1S/C18H18ClN3O3S/c1-25-14-3-5-16-11(6-14)7-18(21-16)26(23,24)22-10-12(9-19)15-4-2-13(20)8-17(15)22/h2-8,12,21H,9-10,20H2,1H3. The van der Waals surface area contributed by atoms with Gasteiger partial charge in [0, 0.05) is 34.9 Å². The van der Waals surface area contributed by atoms with Crippen molar-refractivity contribution in [1.29, 1.82) is 0 Å². The molecule has 2 aromatic carbocycles. The summed E-state index contributed by atoms with van der Waals surface area (Å²) in [5, 5.41) is 0.896. The highest BCUT2D eigenvalue weighted by molar-refractivity contribution is 7.92. The van der Waals surface area contributed by atoms with E-state index >= 15 is 0 Å². The third kappa shape index (κ3) is 2.59. The zero-order chi connectivity index (χ0) is 18.5. The van der Waals surface area contributed by atoms with Crippen LogP contribution in [0.15, 0.2) is 47.5 Å². The lowest BCUT2D eigenvalue weighted by Gasteiger charge is -2.19. The first-order valence-corrected chi connectivity index (χ1v) is 10.1. The number of nitrogens with zero attached hydrogens (tertiary/aromatic N) is 1. The van der Waals surface area contributed by atoms with Gasteiger partial charge in [-0.15, -0.1) is 11.6 Å². The molecule has 136 valence electrons. The van der Waals surface area contributed by atoms with Crippen molar-refractivity contribution in [2.24, 2.45) is 0 Å². The third-order valence-corrected chi connectivity index (χ3v) is 6.78. The minimum atomic E-state index is -3.77. The van der Waals surface area contributed by atoms with Crippen LogP contribution < -0.4 is 14.8 Å². The molecule has 0 spiro atoms. The summed E-state index contributed by atoms with van der Waals surface area (Å²) in [5.41, 5.74) is 8.61.